The average molecular weight is 506 g/mol. The highest BCUT2D eigenvalue weighted by molar-refractivity contribution is 6.31. The number of hydrogen-bond acceptors (Lipinski definition) is 5. The second-order valence-corrected chi connectivity index (χ2v) is 8.26. The number of nitrogens with zero attached hydrogens (tertiary/aromatic N) is 2. The number of aromatic nitrogens is 2. The zero-order valence-electron chi connectivity index (χ0n) is 18.2. The van der Waals surface area contributed by atoms with E-state index in [1.54, 1.807) is 25.1 Å². The Morgan fingerprint density at radius 2 is 1.83 bits per heavy atom. The molecule has 0 unspecified atom stereocenters. The summed E-state index contributed by atoms with van der Waals surface area (Å²) in [7, 11) is 0. The molecule has 3 aromatic rings. The fraction of sp³-hybridized carbons (Fsp3) is 0.217. The average Bonchev–Trinajstić information content (AvgIpc) is 3.62. The number of hydrogen-bond donors (Lipinski definition) is 3. The fourth-order valence-electron chi connectivity index (χ4n) is 3.06. The third-order valence-corrected chi connectivity index (χ3v) is 5.35. The Labute approximate surface area is 202 Å². The van der Waals surface area contributed by atoms with Crippen LogP contribution in [0.3, 0.4) is 0 Å². The number of amides is 3. The summed E-state index contributed by atoms with van der Waals surface area (Å²) in [5.41, 5.74) is -0.213. The summed E-state index contributed by atoms with van der Waals surface area (Å²) in [5.74, 6) is 0.952. The molecule has 2 heterocycles. The maximum atomic E-state index is 13.0. The molecule has 8 nitrogen and oxygen atoms in total. The number of rotatable bonds is 6. The summed E-state index contributed by atoms with van der Waals surface area (Å²) < 4.78 is 44.8. The Bertz CT molecular complexity index is 1280. The van der Waals surface area contributed by atoms with Crippen molar-refractivity contribution in [2.45, 2.75) is 25.9 Å². The molecule has 4 rings (SSSR count). The van der Waals surface area contributed by atoms with E-state index in [0.717, 1.165) is 25.0 Å². The predicted octanol–water partition coefficient (Wildman–Crippen LogP) is 6.24. The van der Waals surface area contributed by atoms with Crippen molar-refractivity contribution >= 4 is 40.7 Å². The lowest BCUT2D eigenvalue weighted by Gasteiger charge is -2.13. The highest BCUT2D eigenvalue weighted by Crippen LogP contribution is 2.36. The maximum Gasteiger partial charge on any atom is 0.417 e. The van der Waals surface area contributed by atoms with Crippen LogP contribution in [0.2, 0.25) is 5.02 Å². The van der Waals surface area contributed by atoms with Gasteiger partial charge in [-0.15, -0.1) is 0 Å². The van der Waals surface area contributed by atoms with Gasteiger partial charge in [-0.2, -0.15) is 13.2 Å². The summed E-state index contributed by atoms with van der Waals surface area (Å²) in [5, 5.41) is 7.13. The van der Waals surface area contributed by atoms with Crippen LogP contribution >= 0.6 is 11.6 Å². The number of nitrogens with one attached hydrogen (secondary N) is 3. The van der Waals surface area contributed by atoms with Gasteiger partial charge in [-0.05, 0) is 49.6 Å². The second-order valence-electron chi connectivity index (χ2n) is 7.85. The first-order chi connectivity index (χ1) is 16.6. The van der Waals surface area contributed by atoms with Gasteiger partial charge in [0.1, 0.15) is 11.6 Å². The predicted molar refractivity (Wildman–Crippen MR) is 124 cm³/mol. The molecule has 0 bridgehead atoms. The first-order valence-corrected chi connectivity index (χ1v) is 10.8. The standard InChI is InChI=1S/C23H19ClF3N5O3/c1-12-8-20(35-15-6-7-28-19(10-15)32-21(33)13-2-3-13)29-11-18(12)31-22(34)30-14-4-5-17(24)16(9-14)23(25,26)27/h4-11,13H,2-3H2,1H3,(H,28,32,33)(H2,30,31,34). The molecule has 0 atom stereocenters. The lowest BCUT2D eigenvalue weighted by Crippen LogP contribution is -2.20. The van der Waals surface area contributed by atoms with Crippen LogP contribution in [0, 0.1) is 12.8 Å². The van der Waals surface area contributed by atoms with Gasteiger partial charge in [-0.3, -0.25) is 4.79 Å². The molecule has 1 fully saturated rings. The van der Waals surface area contributed by atoms with E-state index in [1.807, 2.05) is 0 Å². The van der Waals surface area contributed by atoms with Crippen molar-refractivity contribution in [3.63, 3.8) is 0 Å². The van der Waals surface area contributed by atoms with E-state index >= 15 is 0 Å². The molecule has 1 aromatic carbocycles. The first kappa shape index (κ1) is 24.3. The van der Waals surface area contributed by atoms with Crippen molar-refractivity contribution in [3.05, 3.63) is 64.9 Å². The van der Waals surface area contributed by atoms with Crippen molar-refractivity contribution in [1.29, 1.82) is 0 Å². The number of ether oxygens (including phenoxy) is 1. The molecule has 3 amide bonds. The number of carbonyl (C=O) groups excluding carboxylic acids is 2. The highest BCUT2D eigenvalue weighted by atomic mass is 35.5. The van der Waals surface area contributed by atoms with Crippen molar-refractivity contribution in [2.75, 3.05) is 16.0 Å². The topological polar surface area (TPSA) is 105 Å². The number of pyridine rings is 2. The quantitative estimate of drug-likeness (QED) is 0.367. The molecule has 3 N–H and O–H groups in total. The van der Waals surface area contributed by atoms with Gasteiger partial charge in [-0.1, -0.05) is 11.6 Å². The molecule has 2 aromatic heterocycles. The van der Waals surface area contributed by atoms with Gasteiger partial charge >= 0.3 is 12.2 Å². The normalized spacial score (nSPS) is 13.2. The lowest BCUT2D eigenvalue weighted by atomic mass is 10.2. The van der Waals surface area contributed by atoms with Gasteiger partial charge in [0, 0.05) is 29.9 Å². The number of urea groups is 1. The molecule has 0 radical (unpaired) electrons. The lowest BCUT2D eigenvalue weighted by molar-refractivity contribution is -0.137. The van der Waals surface area contributed by atoms with Crippen LogP contribution in [0.1, 0.15) is 24.0 Å². The van der Waals surface area contributed by atoms with E-state index in [-0.39, 0.29) is 23.4 Å². The van der Waals surface area contributed by atoms with E-state index in [9.17, 15) is 22.8 Å². The van der Waals surface area contributed by atoms with Gasteiger partial charge < -0.3 is 20.7 Å². The van der Waals surface area contributed by atoms with Crippen LogP contribution < -0.4 is 20.7 Å². The van der Waals surface area contributed by atoms with Crippen molar-refractivity contribution in [1.82, 2.24) is 9.97 Å². The number of anilines is 3. The van der Waals surface area contributed by atoms with Crippen LogP contribution in [0.25, 0.3) is 0 Å². The van der Waals surface area contributed by atoms with Gasteiger partial charge in [0.25, 0.3) is 0 Å². The molecular formula is C23H19ClF3N5O3. The van der Waals surface area contributed by atoms with Crippen LogP contribution in [-0.4, -0.2) is 21.9 Å². The molecule has 1 aliphatic carbocycles. The Morgan fingerprint density at radius 1 is 1.06 bits per heavy atom. The Balaban J connectivity index is 1.39. The van der Waals surface area contributed by atoms with Gasteiger partial charge in [0.2, 0.25) is 11.8 Å². The minimum absolute atomic E-state index is 0.0364. The largest absolute Gasteiger partial charge is 0.439 e. The molecule has 1 saturated carbocycles. The third kappa shape index (κ3) is 6.38. The van der Waals surface area contributed by atoms with Crippen molar-refractivity contribution in [3.8, 4) is 11.6 Å². The minimum Gasteiger partial charge on any atom is -0.439 e. The Kier molecular flexibility index (Phi) is 6.79. The first-order valence-electron chi connectivity index (χ1n) is 10.4. The molecule has 0 aliphatic heterocycles. The number of alkyl halides is 3. The summed E-state index contributed by atoms with van der Waals surface area (Å²) in [6, 6.07) is 7.05. The van der Waals surface area contributed by atoms with Crippen LogP contribution in [-0.2, 0) is 11.0 Å². The summed E-state index contributed by atoms with van der Waals surface area (Å²) in [4.78, 5) is 32.4. The minimum atomic E-state index is -4.65. The maximum absolute atomic E-state index is 13.0. The molecule has 0 spiro atoms. The number of carbonyl (C=O) groups is 2. The smallest absolute Gasteiger partial charge is 0.417 e. The van der Waals surface area contributed by atoms with Gasteiger partial charge in [0.05, 0.1) is 22.5 Å². The van der Waals surface area contributed by atoms with Crippen molar-refractivity contribution in [2.24, 2.45) is 5.92 Å². The molecule has 182 valence electrons. The van der Waals surface area contributed by atoms with E-state index in [0.29, 0.717) is 22.8 Å². The molecule has 0 saturated heterocycles. The second kappa shape index (κ2) is 9.79. The number of aryl methyl sites for hydroxylation is 1. The highest BCUT2D eigenvalue weighted by Gasteiger charge is 2.33. The van der Waals surface area contributed by atoms with Crippen LogP contribution in [0.5, 0.6) is 11.6 Å². The van der Waals surface area contributed by atoms with E-state index in [1.165, 1.54) is 18.5 Å². The SMILES string of the molecule is Cc1cc(Oc2ccnc(NC(=O)C3CC3)c2)ncc1NC(=O)Nc1ccc(Cl)c(C(F)(F)F)c1. The summed E-state index contributed by atoms with van der Waals surface area (Å²) in [6.07, 6.45) is -0.0635. The Morgan fingerprint density at radius 3 is 2.51 bits per heavy atom. The molecule has 12 heteroatoms. The summed E-state index contributed by atoms with van der Waals surface area (Å²) in [6.45, 7) is 1.70. The van der Waals surface area contributed by atoms with E-state index < -0.39 is 22.8 Å². The third-order valence-electron chi connectivity index (χ3n) is 5.02. The monoisotopic (exact) mass is 505 g/mol. The van der Waals surface area contributed by atoms with Gasteiger partial charge in [0.15, 0.2) is 0 Å². The Hall–Kier alpha value is -3.86. The fourth-order valence-corrected chi connectivity index (χ4v) is 3.28. The van der Waals surface area contributed by atoms with Crippen molar-refractivity contribution < 1.29 is 27.5 Å². The molecule has 35 heavy (non-hydrogen) atoms. The molecular weight excluding hydrogens is 487 g/mol. The van der Waals surface area contributed by atoms with Crippen LogP contribution in [0.4, 0.5) is 35.2 Å². The summed E-state index contributed by atoms with van der Waals surface area (Å²) >= 11 is 5.60. The molecule has 1 aliphatic rings. The zero-order chi connectivity index (χ0) is 25.2. The van der Waals surface area contributed by atoms with Crippen LogP contribution in [0.15, 0.2) is 48.8 Å². The van der Waals surface area contributed by atoms with E-state index in [2.05, 4.69) is 25.9 Å². The number of halogens is 4. The number of benzene rings is 1. The van der Waals surface area contributed by atoms with E-state index in [4.69, 9.17) is 16.3 Å². The van der Waals surface area contributed by atoms with Gasteiger partial charge in [-0.25, -0.2) is 14.8 Å². The zero-order valence-corrected chi connectivity index (χ0v) is 19.0.